The van der Waals surface area contributed by atoms with Gasteiger partial charge in [-0.15, -0.1) is 0 Å². The van der Waals surface area contributed by atoms with E-state index >= 15 is 0 Å². The molecule has 0 saturated carbocycles. The highest BCUT2D eigenvalue weighted by atomic mass is 19.1. The Morgan fingerprint density at radius 3 is 2.50 bits per heavy atom. The van der Waals surface area contributed by atoms with Gasteiger partial charge in [0.05, 0.1) is 23.5 Å². The predicted molar refractivity (Wildman–Crippen MR) is 64.9 cm³/mol. The van der Waals surface area contributed by atoms with Crippen molar-refractivity contribution in [2.45, 2.75) is 6.92 Å². The average molecular weight is 255 g/mol. The van der Waals surface area contributed by atoms with Gasteiger partial charge in [-0.3, -0.25) is 4.79 Å². The fraction of sp³-hybridized carbons (Fsp3) is 0.273. The number of aromatic carboxylic acids is 1. The smallest absolute Gasteiger partial charge is 0.338 e. The molecule has 0 radical (unpaired) electrons. The summed E-state index contributed by atoms with van der Waals surface area (Å²) in [6.45, 7) is 2.01. The van der Waals surface area contributed by atoms with Gasteiger partial charge in [-0.05, 0) is 13.0 Å². The van der Waals surface area contributed by atoms with E-state index in [1.165, 1.54) is 4.90 Å². The van der Waals surface area contributed by atoms with Crippen LogP contribution in [0.4, 0.5) is 15.8 Å². The van der Waals surface area contributed by atoms with Crippen LogP contribution in [0.5, 0.6) is 0 Å². The van der Waals surface area contributed by atoms with E-state index in [9.17, 15) is 14.0 Å². The van der Waals surface area contributed by atoms with Crippen molar-refractivity contribution in [1.82, 2.24) is 0 Å². The predicted octanol–water partition coefficient (Wildman–Crippen LogP) is 0.418. The molecule has 0 aliphatic carbocycles. The highest BCUT2D eigenvalue weighted by molar-refractivity contribution is 5.91. The summed E-state index contributed by atoms with van der Waals surface area (Å²) in [6.07, 6.45) is 0. The normalized spacial score (nSPS) is 10.1. The molecule has 1 rings (SSSR count). The first-order chi connectivity index (χ1) is 8.36. The molecule has 0 aliphatic heterocycles. The number of amides is 1. The molecule has 98 valence electrons. The van der Waals surface area contributed by atoms with Gasteiger partial charge in [-0.1, -0.05) is 0 Å². The molecule has 0 aromatic heterocycles. The Balaban J connectivity index is 3.20. The maximum atomic E-state index is 13.5. The molecule has 0 aliphatic rings. The number of nitrogens with two attached hydrogens (primary N) is 2. The summed E-state index contributed by atoms with van der Waals surface area (Å²) in [6, 6.07) is 2.02. The summed E-state index contributed by atoms with van der Waals surface area (Å²) in [5.41, 5.74) is 10.5. The van der Waals surface area contributed by atoms with Crippen LogP contribution in [0.25, 0.3) is 0 Å². The third kappa shape index (κ3) is 2.88. The van der Waals surface area contributed by atoms with Gasteiger partial charge in [0.2, 0.25) is 5.91 Å². The second-order valence-electron chi connectivity index (χ2n) is 3.68. The van der Waals surface area contributed by atoms with Crippen LogP contribution >= 0.6 is 0 Å². The van der Waals surface area contributed by atoms with Crippen molar-refractivity contribution in [2.75, 3.05) is 23.7 Å². The van der Waals surface area contributed by atoms with Gasteiger partial charge in [0.1, 0.15) is 5.82 Å². The van der Waals surface area contributed by atoms with Crippen LogP contribution in [0.3, 0.4) is 0 Å². The summed E-state index contributed by atoms with van der Waals surface area (Å²) >= 11 is 0. The molecule has 5 N–H and O–H groups in total. The molecular weight excluding hydrogens is 241 g/mol. The summed E-state index contributed by atoms with van der Waals surface area (Å²) in [4.78, 5) is 23.0. The molecule has 0 bridgehead atoms. The lowest BCUT2D eigenvalue weighted by molar-refractivity contribution is -0.116. The zero-order valence-electron chi connectivity index (χ0n) is 9.81. The first kappa shape index (κ1) is 13.8. The Morgan fingerprint density at radius 1 is 1.44 bits per heavy atom. The highest BCUT2D eigenvalue weighted by Gasteiger charge is 2.17. The van der Waals surface area contributed by atoms with E-state index in [0.717, 1.165) is 12.1 Å². The first-order valence-corrected chi connectivity index (χ1v) is 5.22. The van der Waals surface area contributed by atoms with Crippen molar-refractivity contribution in [3.8, 4) is 0 Å². The van der Waals surface area contributed by atoms with Gasteiger partial charge in [-0.2, -0.15) is 0 Å². The minimum absolute atomic E-state index is 0.0805. The Kier molecular flexibility index (Phi) is 4.09. The van der Waals surface area contributed by atoms with E-state index in [-0.39, 0.29) is 17.9 Å². The molecule has 1 amide bonds. The van der Waals surface area contributed by atoms with Gasteiger partial charge >= 0.3 is 5.97 Å². The number of halogens is 1. The number of carboxylic acid groups (broad SMARTS) is 1. The lowest BCUT2D eigenvalue weighted by Crippen LogP contribution is -2.34. The van der Waals surface area contributed by atoms with Crippen molar-refractivity contribution in [3.05, 3.63) is 23.5 Å². The number of carbonyl (C=O) groups is 2. The average Bonchev–Trinajstić information content (AvgIpc) is 2.28. The number of carboxylic acids is 1. The van der Waals surface area contributed by atoms with Gasteiger partial charge in [0.15, 0.2) is 0 Å². The summed E-state index contributed by atoms with van der Waals surface area (Å²) in [5.74, 6) is -2.89. The van der Waals surface area contributed by atoms with E-state index in [4.69, 9.17) is 16.6 Å². The molecule has 1 aromatic rings. The number of anilines is 2. The molecule has 6 nitrogen and oxygen atoms in total. The zero-order chi connectivity index (χ0) is 13.9. The molecule has 0 saturated heterocycles. The fourth-order valence-corrected chi connectivity index (χ4v) is 1.57. The van der Waals surface area contributed by atoms with Crippen molar-refractivity contribution in [1.29, 1.82) is 0 Å². The fourth-order valence-electron chi connectivity index (χ4n) is 1.57. The molecule has 0 fully saturated rings. The number of likely N-dealkylation sites (N-methyl/N-ethyl adjacent to an activating group) is 1. The lowest BCUT2D eigenvalue weighted by atomic mass is 10.1. The Bertz CT molecular complexity index is 491. The summed E-state index contributed by atoms with van der Waals surface area (Å²) < 4.78 is 13.5. The molecule has 7 heteroatoms. The molecular formula is C11H14FN3O3. The number of primary amides is 1. The second kappa shape index (κ2) is 5.35. The van der Waals surface area contributed by atoms with E-state index < -0.39 is 23.3 Å². The van der Waals surface area contributed by atoms with Crippen LogP contribution in [-0.4, -0.2) is 30.1 Å². The molecule has 0 spiro atoms. The molecule has 0 atom stereocenters. The largest absolute Gasteiger partial charge is 0.478 e. The Hall–Kier alpha value is -2.31. The number of nitrogen functional groups attached to an aromatic ring is 1. The van der Waals surface area contributed by atoms with Crippen LogP contribution in [0.2, 0.25) is 0 Å². The standard InChI is InChI=1S/C11H14FN3O3/c1-2-15(5-10(14)16)9-4-7(12)6(11(17)18)3-8(9)13/h3-4H,2,5,13H2,1H3,(H2,14,16)(H,17,18). The van der Waals surface area contributed by atoms with Crippen LogP contribution < -0.4 is 16.4 Å². The number of hydrogen-bond acceptors (Lipinski definition) is 4. The van der Waals surface area contributed by atoms with E-state index in [2.05, 4.69) is 0 Å². The molecule has 1 aromatic carbocycles. The van der Waals surface area contributed by atoms with E-state index in [1.807, 2.05) is 0 Å². The molecule has 0 unspecified atom stereocenters. The minimum atomic E-state index is -1.40. The number of nitrogens with zero attached hydrogens (tertiary/aromatic N) is 1. The maximum absolute atomic E-state index is 13.5. The van der Waals surface area contributed by atoms with Crippen LogP contribution in [0, 0.1) is 5.82 Å². The number of hydrogen-bond donors (Lipinski definition) is 3. The van der Waals surface area contributed by atoms with Crippen molar-refractivity contribution in [2.24, 2.45) is 5.73 Å². The van der Waals surface area contributed by atoms with Crippen LogP contribution in [0.1, 0.15) is 17.3 Å². The third-order valence-electron chi connectivity index (χ3n) is 2.42. The topological polar surface area (TPSA) is 110 Å². The molecule has 18 heavy (non-hydrogen) atoms. The summed E-state index contributed by atoms with van der Waals surface area (Å²) in [5, 5.41) is 8.74. The first-order valence-electron chi connectivity index (χ1n) is 5.22. The van der Waals surface area contributed by atoms with Crippen LogP contribution in [-0.2, 0) is 4.79 Å². The third-order valence-corrected chi connectivity index (χ3v) is 2.42. The number of rotatable bonds is 5. The zero-order valence-corrected chi connectivity index (χ0v) is 9.81. The second-order valence-corrected chi connectivity index (χ2v) is 3.68. The lowest BCUT2D eigenvalue weighted by Gasteiger charge is -2.23. The maximum Gasteiger partial charge on any atom is 0.338 e. The van der Waals surface area contributed by atoms with Crippen LogP contribution in [0.15, 0.2) is 12.1 Å². The Labute approximate surface area is 103 Å². The van der Waals surface area contributed by atoms with Gasteiger partial charge in [-0.25, -0.2) is 9.18 Å². The number of benzene rings is 1. The summed E-state index contributed by atoms with van der Waals surface area (Å²) in [7, 11) is 0. The van der Waals surface area contributed by atoms with Gasteiger partial charge < -0.3 is 21.5 Å². The molecule has 0 heterocycles. The number of carbonyl (C=O) groups excluding carboxylic acids is 1. The Morgan fingerprint density at radius 2 is 2.06 bits per heavy atom. The quantitative estimate of drug-likeness (QED) is 0.660. The van der Waals surface area contributed by atoms with Gasteiger partial charge in [0, 0.05) is 12.6 Å². The van der Waals surface area contributed by atoms with E-state index in [1.54, 1.807) is 6.92 Å². The van der Waals surface area contributed by atoms with Crippen molar-refractivity contribution < 1.29 is 19.1 Å². The van der Waals surface area contributed by atoms with Crippen molar-refractivity contribution in [3.63, 3.8) is 0 Å². The van der Waals surface area contributed by atoms with Crippen molar-refractivity contribution >= 4 is 23.3 Å². The highest BCUT2D eigenvalue weighted by Crippen LogP contribution is 2.26. The monoisotopic (exact) mass is 255 g/mol. The van der Waals surface area contributed by atoms with E-state index in [0.29, 0.717) is 6.54 Å². The SMILES string of the molecule is CCN(CC(N)=O)c1cc(F)c(C(=O)O)cc1N. The van der Waals surface area contributed by atoms with Gasteiger partial charge in [0.25, 0.3) is 0 Å². The minimum Gasteiger partial charge on any atom is -0.478 e.